The van der Waals surface area contributed by atoms with Crippen molar-refractivity contribution in [1.29, 1.82) is 0 Å². The molecule has 2 aromatic heterocycles. The number of nitrogens with two attached hydrogens (primary N) is 1. The van der Waals surface area contributed by atoms with Crippen LogP contribution in [0.15, 0.2) is 18.5 Å². The SMILES string of the molecule is CCCC.Nc1nc(Cl)c2ncn(C/C=C/CCP(=O)(O)O)c2n1. The van der Waals surface area contributed by atoms with E-state index in [4.69, 9.17) is 27.1 Å². The number of rotatable bonds is 6. The molecule has 0 fully saturated rings. The van der Waals surface area contributed by atoms with Crippen LogP contribution in [0, 0.1) is 0 Å². The zero-order chi connectivity index (χ0) is 18.2. The molecule has 2 rings (SSSR count). The number of imidazole rings is 1. The lowest BCUT2D eigenvalue weighted by atomic mass is 10.4. The first-order valence-electron chi connectivity index (χ1n) is 7.61. The van der Waals surface area contributed by atoms with Gasteiger partial charge in [0.05, 0.1) is 12.5 Å². The maximum Gasteiger partial charge on any atom is 0.325 e. The molecule has 0 aromatic carbocycles. The van der Waals surface area contributed by atoms with Crippen LogP contribution in [0.5, 0.6) is 0 Å². The minimum absolute atomic E-state index is 0.0646. The summed E-state index contributed by atoms with van der Waals surface area (Å²) in [4.78, 5) is 29.4. The van der Waals surface area contributed by atoms with E-state index in [1.807, 2.05) is 0 Å². The minimum atomic E-state index is -3.94. The lowest BCUT2D eigenvalue weighted by molar-refractivity contribution is 0.373. The van der Waals surface area contributed by atoms with Gasteiger partial charge in [0.25, 0.3) is 0 Å². The van der Waals surface area contributed by atoms with Gasteiger partial charge in [0.1, 0.15) is 5.52 Å². The van der Waals surface area contributed by atoms with Gasteiger partial charge in [-0.2, -0.15) is 9.97 Å². The Morgan fingerprint density at radius 2 is 1.96 bits per heavy atom. The molecule has 0 amide bonds. The van der Waals surface area contributed by atoms with Crippen molar-refractivity contribution in [3.63, 3.8) is 0 Å². The highest BCUT2D eigenvalue weighted by Crippen LogP contribution is 2.34. The molecule has 0 spiro atoms. The van der Waals surface area contributed by atoms with E-state index in [-0.39, 0.29) is 17.3 Å². The van der Waals surface area contributed by atoms with E-state index in [2.05, 4.69) is 28.8 Å². The number of hydrogen-bond donors (Lipinski definition) is 3. The number of halogens is 1. The fourth-order valence-electron chi connectivity index (χ4n) is 1.61. The summed E-state index contributed by atoms with van der Waals surface area (Å²) >= 11 is 5.90. The number of hydrogen-bond acceptors (Lipinski definition) is 5. The second-order valence-electron chi connectivity index (χ2n) is 5.09. The second kappa shape index (κ2) is 9.74. The Morgan fingerprint density at radius 1 is 1.29 bits per heavy atom. The zero-order valence-corrected chi connectivity index (χ0v) is 15.4. The number of nitrogens with zero attached hydrogens (tertiary/aromatic N) is 4. The number of fused-ring (bicyclic) bond motifs is 1. The molecule has 4 N–H and O–H groups in total. The molecule has 0 aliphatic rings. The van der Waals surface area contributed by atoms with E-state index < -0.39 is 7.60 Å². The summed E-state index contributed by atoms with van der Waals surface area (Å²) in [6.07, 6.45) is 7.78. The van der Waals surface area contributed by atoms with Crippen LogP contribution in [0.3, 0.4) is 0 Å². The topological polar surface area (TPSA) is 127 Å². The summed E-state index contributed by atoms with van der Waals surface area (Å²) in [5.41, 5.74) is 6.50. The maximum absolute atomic E-state index is 10.7. The van der Waals surface area contributed by atoms with Crippen molar-refractivity contribution < 1.29 is 14.4 Å². The van der Waals surface area contributed by atoms with Gasteiger partial charge < -0.3 is 20.1 Å². The van der Waals surface area contributed by atoms with Crippen molar-refractivity contribution in [3.05, 3.63) is 23.6 Å². The van der Waals surface area contributed by atoms with Crippen LogP contribution in [0.25, 0.3) is 11.2 Å². The molecule has 134 valence electrons. The molecule has 0 saturated heterocycles. The molecule has 2 heterocycles. The average molecular weight is 376 g/mol. The largest absolute Gasteiger partial charge is 0.368 e. The van der Waals surface area contributed by atoms with E-state index in [1.54, 1.807) is 23.0 Å². The molecule has 0 saturated carbocycles. The van der Waals surface area contributed by atoms with E-state index in [1.165, 1.54) is 12.8 Å². The molecule has 0 atom stereocenters. The predicted octanol–water partition coefficient (Wildman–Crippen LogP) is 2.99. The Kier molecular flexibility index (Phi) is 8.35. The van der Waals surface area contributed by atoms with Crippen molar-refractivity contribution in [3.8, 4) is 0 Å². The smallest absolute Gasteiger partial charge is 0.325 e. The third-order valence-corrected chi connectivity index (χ3v) is 4.10. The molecule has 0 bridgehead atoms. The molecular formula is C14H23ClN5O3P. The summed E-state index contributed by atoms with van der Waals surface area (Å²) in [5, 5.41) is 0.191. The monoisotopic (exact) mass is 375 g/mol. The number of allylic oxidation sites excluding steroid dienone is 2. The van der Waals surface area contributed by atoms with Crippen LogP contribution in [0.1, 0.15) is 33.1 Å². The third-order valence-electron chi connectivity index (χ3n) is 2.99. The fraction of sp³-hybridized carbons (Fsp3) is 0.500. The molecule has 2 aromatic rings. The summed E-state index contributed by atoms with van der Waals surface area (Å²) in [7, 11) is -3.94. The van der Waals surface area contributed by atoms with Crippen LogP contribution in [-0.4, -0.2) is 35.5 Å². The molecule has 0 radical (unpaired) electrons. The molecule has 0 aliphatic heterocycles. The standard InChI is InChI=1S/C10H13ClN5O3P.C4H10/c11-8-7-9(15-10(12)14-8)16(6-13-7)4-2-1-3-5-20(17,18)19;1-3-4-2/h1-2,6H,3-5H2,(H2,12,14,15)(H2,17,18,19);3-4H2,1-2H3/b2-1+;. The van der Waals surface area contributed by atoms with Crippen molar-refractivity contribution in [2.75, 3.05) is 11.9 Å². The second-order valence-corrected chi connectivity index (χ2v) is 7.22. The van der Waals surface area contributed by atoms with E-state index in [9.17, 15) is 4.57 Å². The van der Waals surface area contributed by atoms with Crippen molar-refractivity contribution in [2.45, 2.75) is 39.7 Å². The van der Waals surface area contributed by atoms with Gasteiger partial charge in [-0.05, 0) is 6.42 Å². The minimum Gasteiger partial charge on any atom is -0.368 e. The van der Waals surface area contributed by atoms with Crippen LogP contribution in [-0.2, 0) is 11.1 Å². The highest BCUT2D eigenvalue weighted by molar-refractivity contribution is 7.51. The van der Waals surface area contributed by atoms with Crippen molar-refractivity contribution >= 4 is 36.3 Å². The van der Waals surface area contributed by atoms with Crippen LogP contribution < -0.4 is 5.73 Å². The summed E-state index contributed by atoms with van der Waals surface area (Å²) in [6, 6.07) is 0. The van der Waals surface area contributed by atoms with Gasteiger partial charge in [-0.1, -0.05) is 50.4 Å². The quantitative estimate of drug-likeness (QED) is 0.402. The number of anilines is 1. The number of nitrogen functional groups attached to an aromatic ring is 1. The molecular weight excluding hydrogens is 353 g/mol. The Morgan fingerprint density at radius 3 is 2.54 bits per heavy atom. The highest BCUT2D eigenvalue weighted by atomic mass is 35.5. The number of aromatic nitrogens is 4. The van der Waals surface area contributed by atoms with Gasteiger partial charge in [0.15, 0.2) is 10.8 Å². The van der Waals surface area contributed by atoms with Crippen LogP contribution >= 0.6 is 19.2 Å². The van der Waals surface area contributed by atoms with Crippen molar-refractivity contribution in [1.82, 2.24) is 19.5 Å². The fourth-order valence-corrected chi connectivity index (χ4v) is 2.31. The lowest BCUT2D eigenvalue weighted by Crippen LogP contribution is -2.00. The van der Waals surface area contributed by atoms with Crippen LogP contribution in [0.4, 0.5) is 5.95 Å². The van der Waals surface area contributed by atoms with Gasteiger partial charge in [-0.3, -0.25) is 4.57 Å². The Balaban J connectivity index is 0.000000648. The average Bonchev–Trinajstić information content (AvgIpc) is 2.89. The van der Waals surface area contributed by atoms with E-state index >= 15 is 0 Å². The van der Waals surface area contributed by atoms with Gasteiger partial charge >= 0.3 is 7.60 Å². The van der Waals surface area contributed by atoms with E-state index in [0.717, 1.165) is 0 Å². The lowest BCUT2D eigenvalue weighted by Gasteiger charge is -2.01. The summed E-state index contributed by atoms with van der Waals surface area (Å²) in [6.45, 7) is 4.81. The Labute approximate surface area is 145 Å². The first-order valence-corrected chi connectivity index (χ1v) is 9.79. The third kappa shape index (κ3) is 6.97. The molecule has 0 aliphatic carbocycles. The van der Waals surface area contributed by atoms with Crippen LogP contribution in [0.2, 0.25) is 5.15 Å². The number of unbranched alkanes of at least 4 members (excludes halogenated alkanes) is 1. The first-order chi connectivity index (χ1) is 11.3. The van der Waals surface area contributed by atoms with Gasteiger partial charge in [-0.15, -0.1) is 0 Å². The normalized spacial score (nSPS) is 11.7. The Hall–Kier alpha value is -1.47. The Bertz CT molecular complexity index is 727. The molecule has 8 nitrogen and oxygen atoms in total. The van der Waals surface area contributed by atoms with Gasteiger partial charge in [-0.25, -0.2) is 4.98 Å². The molecule has 0 unspecified atom stereocenters. The highest BCUT2D eigenvalue weighted by Gasteiger charge is 2.11. The maximum atomic E-state index is 10.7. The van der Waals surface area contributed by atoms with Crippen molar-refractivity contribution in [2.24, 2.45) is 0 Å². The van der Waals surface area contributed by atoms with E-state index in [0.29, 0.717) is 24.1 Å². The summed E-state index contributed by atoms with van der Waals surface area (Å²) in [5.74, 6) is 0.0646. The van der Waals surface area contributed by atoms with Gasteiger partial charge in [0, 0.05) is 6.54 Å². The van der Waals surface area contributed by atoms with Gasteiger partial charge in [0.2, 0.25) is 5.95 Å². The predicted molar refractivity (Wildman–Crippen MR) is 96.0 cm³/mol. The summed E-state index contributed by atoms with van der Waals surface area (Å²) < 4.78 is 12.4. The molecule has 10 heteroatoms. The zero-order valence-electron chi connectivity index (χ0n) is 13.8. The first kappa shape index (κ1) is 20.6. The molecule has 24 heavy (non-hydrogen) atoms.